The summed E-state index contributed by atoms with van der Waals surface area (Å²) in [4.78, 5) is 11.7. The summed E-state index contributed by atoms with van der Waals surface area (Å²) < 4.78 is 5.39. The maximum Gasteiger partial charge on any atom is 0.179 e. The molecule has 1 aromatic carbocycles. The summed E-state index contributed by atoms with van der Waals surface area (Å²) >= 11 is 0. The lowest BCUT2D eigenvalue weighted by molar-refractivity contribution is 0.0948. The van der Waals surface area contributed by atoms with E-state index >= 15 is 0 Å². The van der Waals surface area contributed by atoms with Crippen molar-refractivity contribution in [1.29, 1.82) is 0 Å². The summed E-state index contributed by atoms with van der Waals surface area (Å²) in [5.74, 6) is 0.888. The highest BCUT2D eigenvalue weighted by Crippen LogP contribution is 2.24. The van der Waals surface area contributed by atoms with Crippen LogP contribution < -0.4 is 10.5 Å². The molecule has 0 saturated heterocycles. The Morgan fingerprint density at radius 1 is 1.50 bits per heavy atom. The predicted octanol–water partition coefficient (Wildman–Crippen LogP) is 1.96. The summed E-state index contributed by atoms with van der Waals surface area (Å²) in [7, 11) is 0. The third-order valence-electron chi connectivity index (χ3n) is 2.71. The van der Waals surface area contributed by atoms with Gasteiger partial charge < -0.3 is 10.5 Å². The molecule has 0 aromatic heterocycles. The Bertz CT molecular complexity index is 393. The molecule has 0 bridgehead atoms. The van der Waals surface area contributed by atoms with Gasteiger partial charge in [0.15, 0.2) is 5.78 Å². The van der Waals surface area contributed by atoms with E-state index in [1.54, 1.807) is 0 Å². The molecule has 0 radical (unpaired) electrons. The minimum Gasteiger partial charge on any atom is -0.494 e. The summed E-state index contributed by atoms with van der Waals surface area (Å²) in [5.41, 5.74) is 7.53. The smallest absolute Gasteiger partial charge is 0.179 e. The van der Waals surface area contributed by atoms with E-state index in [9.17, 15) is 4.79 Å². The number of Topliss-reactive ketones (excluding diaryl/α,β-unsaturated/α-hetero) is 1. The molecule has 2 rings (SSSR count). The Kier molecular flexibility index (Phi) is 4.33. The number of ketones is 1. The van der Waals surface area contributed by atoms with Crippen molar-refractivity contribution in [3.8, 4) is 5.75 Å². The summed E-state index contributed by atoms with van der Waals surface area (Å²) in [6.07, 6.45) is 1.60. The van der Waals surface area contributed by atoms with Crippen LogP contribution in [0.2, 0.25) is 0 Å². The van der Waals surface area contributed by atoms with Crippen molar-refractivity contribution >= 4 is 18.2 Å². The van der Waals surface area contributed by atoms with Gasteiger partial charge in [-0.25, -0.2) is 0 Å². The van der Waals surface area contributed by atoms with Gasteiger partial charge in [0, 0.05) is 5.56 Å². The Labute approximate surface area is 101 Å². The Morgan fingerprint density at radius 2 is 2.25 bits per heavy atom. The summed E-state index contributed by atoms with van der Waals surface area (Å²) in [5, 5.41) is 0. The molecule has 0 heterocycles. The summed E-state index contributed by atoms with van der Waals surface area (Å²) in [6, 6.07) is 5.28. The average molecular weight is 242 g/mol. The van der Waals surface area contributed by atoms with Crippen LogP contribution in [0.25, 0.3) is 0 Å². The van der Waals surface area contributed by atoms with E-state index in [1.165, 1.54) is 0 Å². The van der Waals surface area contributed by atoms with Crippen molar-refractivity contribution in [3.05, 3.63) is 29.3 Å². The maximum absolute atomic E-state index is 11.7. The zero-order valence-corrected chi connectivity index (χ0v) is 10.0. The highest BCUT2D eigenvalue weighted by Gasteiger charge is 2.24. The van der Waals surface area contributed by atoms with Crippen molar-refractivity contribution in [3.63, 3.8) is 0 Å². The molecule has 1 atom stereocenters. The fourth-order valence-electron chi connectivity index (χ4n) is 1.92. The third-order valence-corrected chi connectivity index (χ3v) is 2.71. The van der Waals surface area contributed by atoms with E-state index in [0.29, 0.717) is 6.61 Å². The van der Waals surface area contributed by atoms with Crippen molar-refractivity contribution in [1.82, 2.24) is 0 Å². The van der Waals surface area contributed by atoms with Crippen LogP contribution in [0.15, 0.2) is 18.2 Å². The molecule has 0 amide bonds. The first kappa shape index (κ1) is 13.0. The van der Waals surface area contributed by atoms with Crippen LogP contribution >= 0.6 is 12.4 Å². The van der Waals surface area contributed by atoms with Gasteiger partial charge in [-0.3, -0.25) is 4.79 Å². The monoisotopic (exact) mass is 241 g/mol. The lowest BCUT2D eigenvalue weighted by Gasteiger charge is -2.20. The van der Waals surface area contributed by atoms with Crippen molar-refractivity contribution in [2.45, 2.75) is 25.8 Å². The molecule has 88 valence electrons. The molecular formula is C12H16ClNO2. The SMILES string of the molecule is CCOc1ccc2c(c1)CCC(N)C2=O.Cl. The first-order valence-electron chi connectivity index (χ1n) is 5.28. The molecule has 0 spiro atoms. The third kappa shape index (κ3) is 2.36. The lowest BCUT2D eigenvalue weighted by Crippen LogP contribution is -2.35. The Hall–Kier alpha value is -1.06. The minimum atomic E-state index is -0.324. The fraction of sp³-hybridized carbons (Fsp3) is 0.417. The van der Waals surface area contributed by atoms with Crippen LogP contribution in [0.1, 0.15) is 29.3 Å². The van der Waals surface area contributed by atoms with E-state index in [1.807, 2.05) is 25.1 Å². The standard InChI is InChI=1S/C12H15NO2.ClH/c1-2-15-9-4-5-10-8(7-9)3-6-11(13)12(10)14;/h4-5,7,11H,2-3,6,13H2,1H3;1H. The first-order valence-corrected chi connectivity index (χ1v) is 5.28. The molecule has 1 aliphatic rings. The Morgan fingerprint density at radius 3 is 2.94 bits per heavy atom. The molecule has 0 aliphatic heterocycles. The molecule has 4 heteroatoms. The van der Waals surface area contributed by atoms with Gasteiger partial charge in [0.1, 0.15) is 5.75 Å². The van der Waals surface area contributed by atoms with Crippen LogP contribution in [0.4, 0.5) is 0 Å². The number of hydrogen-bond donors (Lipinski definition) is 1. The quantitative estimate of drug-likeness (QED) is 0.861. The molecule has 1 unspecified atom stereocenters. The molecule has 0 fully saturated rings. The predicted molar refractivity (Wildman–Crippen MR) is 65.5 cm³/mol. The number of benzene rings is 1. The van der Waals surface area contributed by atoms with Crippen molar-refractivity contribution in [2.24, 2.45) is 5.73 Å². The second-order valence-corrected chi connectivity index (χ2v) is 3.76. The van der Waals surface area contributed by atoms with Gasteiger partial charge in [0.2, 0.25) is 0 Å². The number of halogens is 1. The fourth-order valence-corrected chi connectivity index (χ4v) is 1.92. The van der Waals surface area contributed by atoms with Crippen LogP contribution in [-0.2, 0) is 6.42 Å². The second kappa shape index (κ2) is 5.32. The average Bonchev–Trinajstić information content (AvgIpc) is 2.24. The number of ether oxygens (including phenoxy) is 1. The highest BCUT2D eigenvalue weighted by molar-refractivity contribution is 6.02. The van der Waals surface area contributed by atoms with Crippen LogP contribution in [0.5, 0.6) is 5.75 Å². The molecule has 1 aromatic rings. The summed E-state index contributed by atoms with van der Waals surface area (Å²) in [6.45, 7) is 2.59. The molecule has 3 nitrogen and oxygen atoms in total. The van der Waals surface area contributed by atoms with Crippen molar-refractivity contribution in [2.75, 3.05) is 6.61 Å². The molecule has 1 aliphatic carbocycles. The van der Waals surface area contributed by atoms with Gasteiger partial charge >= 0.3 is 0 Å². The first-order chi connectivity index (χ1) is 7.22. The van der Waals surface area contributed by atoms with Gasteiger partial charge in [-0.2, -0.15) is 0 Å². The van der Waals surface area contributed by atoms with E-state index in [4.69, 9.17) is 10.5 Å². The molecule has 2 N–H and O–H groups in total. The normalized spacial score (nSPS) is 18.6. The van der Waals surface area contributed by atoms with Gasteiger partial charge in [-0.1, -0.05) is 0 Å². The van der Waals surface area contributed by atoms with Gasteiger partial charge in [0.05, 0.1) is 12.6 Å². The molecular weight excluding hydrogens is 226 g/mol. The number of hydrogen-bond acceptors (Lipinski definition) is 3. The molecule has 0 saturated carbocycles. The zero-order chi connectivity index (χ0) is 10.8. The van der Waals surface area contributed by atoms with E-state index in [2.05, 4.69) is 0 Å². The van der Waals surface area contributed by atoms with E-state index in [0.717, 1.165) is 29.7 Å². The van der Waals surface area contributed by atoms with E-state index < -0.39 is 0 Å². The molecule has 16 heavy (non-hydrogen) atoms. The van der Waals surface area contributed by atoms with Crippen molar-refractivity contribution < 1.29 is 9.53 Å². The highest BCUT2D eigenvalue weighted by atomic mass is 35.5. The number of fused-ring (bicyclic) bond motifs is 1. The maximum atomic E-state index is 11.7. The van der Waals surface area contributed by atoms with E-state index in [-0.39, 0.29) is 24.2 Å². The topological polar surface area (TPSA) is 52.3 Å². The van der Waals surface area contributed by atoms with Gasteiger partial charge in [-0.05, 0) is 43.5 Å². The second-order valence-electron chi connectivity index (χ2n) is 3.76. The number of rotatable bonds is 2. The van der Waals surface area contributed by atoms with Gasteiger partial charge in [0.25, 0.3) is 0 Å². The van der Waals surface area contributed by atoms with Crippen LogP contribution in [0.3, 0.4) is 0 Å². The number of nitrogens with two attached hydrogens (primary N) is 1. The number of carbonyl (C=O) groups is 1. The van der Waals surface area contributed by atoms with Crippen LogP contribution in [-0.4, -0.2) is 18.4 Å². The zero-order valence-electron chi connectivity index (χ0n) is 9.23. The number of carbonyl (C=O) groups excluding carboxylic acids is 1. The Balaban J connectivity index is 0.00000128. The minimum absolute atomic E-state index is 0. The van der Waals surface area contributed by atoms with Crippen LogP contribution in [0, 0.1) is 0 Å². The number of aryl methyl sites for hydroxylation is 1. The lowest BCUT2D eigenvalue weighted by atomic mass is 9.87. The van der Waals surface area contributed by atoms with Gasteiger partial charge in [-0.15, -0.1) is 12.4 Å². The largest absolute Gasteiger partial charge is 0.494 e.